The summed E-state index contributed by atoms with van der Waals surface area (Å²) in [5.74, 6) is 0.207. The van der Waals surface area contributed by atoms with Gasteiger partial charge in [0.05, 0.1) is 0 Å². The summed E-state index contributed by atoms with van der Waals surface area (Å²) in [4.78, 5) is 20.4. The second-order valence-electron chi connectivity index (χ2n) is 4.16. The molecule has 1 aromatic heterocycles. The monoisotopic (exact) mass is 334 g/mol. The Hall–Kier alpha value is -1.95. The summed E-state index contributed by atoms with van der Waals surface area (Å²) in [6.07, 6.45) is 2.54. The van der Waals surface area contributed by atoms with Gasteiger partial charge >= 0.3 is 0 Å². The molecule has 6 heteroatoms. The zero-order valence-electron chi connectivity index (χ0n) is 11.1. The lowest BCUT2D eigenvalue weighted by atomic mass is 10.3. The Morgan fingerprint density at radius 3 is 2.95 bits per heavy atom. The molecule has 0 unspecified atom stereocenters. The summed E-state index contributed by atoms with van der Waals surface area (Å²) in [5, 5.41) is 5.85. The van der Waals surface area contributed by atoms with E-state index >= 15 is 0 Å². The van der Waals surface area contributed by atoms with Crippen molar-refractivity contribution in [2.75, 3.05) is 17.2 Å². The van der Waals surface area contributed by atoms with E-state index in [9.17, 15) is 4.79 Å². The number of carbonyl (C=O) groups is 1. The van der Waals surface area contributed by atoms with Crippen molar-refractivity contribution in [3.63, 3.8) is 0 Å². The lowest BCUT2D eigenvalue weighted by molar-refractivity contribution is 0.102. The van der Waals surface area contributed by atoms with E-state index in [2.05, 4.69) is 43.5 Å². The molecule has 2 aromatic rings. The van der Waals surface area contributed by atoms with Crippen LogP contribution >= 0.6 is 15.9 Å². The summed E-state index contributed by atoms with van der Waals surface area (Å²) in [6, 6.07) is 8.99. The lowest BCUT2D eigenvalue weighted by Gasteiger charge is -2.07. The third-order valence-electron chi connectivity index (χ3n) is 2.50. The van der Waals surface area contributed by atoms with Crippen LogP contribution in [0.15, 0.2) is 41.0 Å². The van der Waals surface area contributed by atoms with Crippen molar-refractivity contribution in [3.05, 3.63) is 46.7 Å². The maximum Gasteiger partial charge on any atom is 0.274 e. The molecule has 0 aliphatic rings. The molecule has 0 fully saturated rings. The van der Waals surface area contributed by atoms with E-state index in [1.165, 1.54) is 0 Å². The molecule has 2 N–H and O–H groups in total. The van der Waals surface area contributed by atoms with Crippen molar-refractivity contribution in [2.24, 2.45) is 0 Å². The van der Waals surface area contributed by atoms with Crippen LogP contribution in [0.4, 0.5) is 11.6 Å². The molecule has 0 spiro atoms. The molecule has 1 aromatic carbocycles. The molecule has 104 valence electrons. The Morgan fingerprint density at radius 1 is 1.35 bits per heavy atom. The number of amides is 1. The fourth-order valence-electron chi connectivity index (χ4n) is 1.57. The van der Waals surface area contributed by atoms with Crippen molar-refractivity contribution in [3.8, 4) is 0 Å². The van der Waals surface area contributed by atoms with Gasteiger partial charge in [0.2, 0.25) is 5.95 Å². The first-order valence-corrected chi connectivity index (χ1v) is 7.12. The number of halogens is 1. The van der Waals surface area contributed by atoms with Crippen LogP contribution in [0.5, 0.6) is 0 Å². The van der Waals surface area contributed by atoms with E-state index in [0.717, 1.165) is 17.4 Å². The highest BCUT2D eigenvalue weighted by molar-refractivity contribution is 9.10. The highest BCUT2D eigenvalue weighted by atomic mass is 79.9. The second-order valence-corrected chi connectivity index (χ2v) is 5.07. The predicted octanol–water partition coefficient (Wildman–Crippen LogP) is 3.31. The third-order valence-corrected chi connectivity index (χ3v) is 3.00. The van der Waals surface area contributed by atoms with Gasteiger partial charge in [-0.1, -0.05) is 28.9 Å². The van der Waals surface area contributed by atoms with Crippen LogP contribution in [0.25, 0.3) is 0 Å². The van der Waals surface area contributed by atoms with Gasteiger partial charge in [-0.2, -0.15) is 0 Å². The first-order valence-electron chi connectivity index (χ1n) is 6.33. The van der Waals surface area contributed by atoms with Crippen LogP contribution in [-0.4, -0.2) is 22.4 Å². The Labute approximate surface area is 126 Å². The Balaban J connectivity index is 2.09. The molecule has 2 rings (SSSR count). The van der Waals surface area contributed by atoms with E-state index < -0.39 is 0 Å². The summed E-state index contributed by atoms with van der Waals surface area (Å²) >= 11 is 3.36. The van der Waals surface area contributed by atoms with E-state index in [0.29, 0.717) is 17.3 Å². The van der Waals surface area contributed by atoms with E-state index in [4.69, 9.17) is 0 Å². The first kappa shape index (κ1) is 14.5. The van der Waals surface area contributed by atoms with Gasteiger partial charge in [-0.05, 0) is 30.7 Å². The van der Waals surface area contributed by atoms with Gasteiger partial charge in [0, 0.05) is 22.9 Å². The van der Waals surface area contributed by atoms with Crippen molar-refractivity contribution >= 4 is 33.5 Å². The Morgan fingerprint density at radius 2 is 2.20 bits per heavy atom. The number of nitrogens with zero attached hydrogens (tertiary/aromatic N) is 2. The largest absolute Gasteiger partial charge is 0.354 e. The minimum Gasteiger partial charge on any atom is -0.354 e. The normalized spacial score (nSPS) is 10.1. The number of carbonyl (C=O) groups excluding carboxylic acids is 1. The van der Waals surface area contributed by atoms with Gasteiger partial charge in [-0.3, -0.25) is 4.79 Å². The van der Waals surface area contributed by atoms with Crippen molar-refractivity contribution < 1.29 is 4.79 Å². The second kappa shape index (κ2) is 7.00. The highest BCUT2D eigenvalue weighted by Crippen LogP contribution is 2.16. The van der Waals surface area contributed by atoms with Gasteiger partial charge in [-0.15, -0.1) is 0 Å². The summed E-state index contributed by atoms with van der Waals surface area (Å²) < 4.78 is 0.906. The molecule has 0 atom stereocenters. The van der Waals surface area contributed by atoms with Crippen LogP contribution in [0.3, 0.4) is 0 Å². The topological polar surface area (TPSA) is 66.9 Å². The number of hydrogen-bond acceptors (Lipinski definition) is 4. The van der Waals surface area contributed by atoms with Crippen molar-refractivity contribution in [1.82, 2.24) is 9.97 Å². The average Bonchev–Trinajstić information content (AvgIpc) is 2.45. The highest BCUT2D eigenvalue weighted by Gasteiger charge is 2.09. The molecule has 0 saturated heterocycles. The summed E-state index contributed by atoms with van der Waals surface area (Å²) in [5.41, 5.74) is 1.05. The first-order chi connectivity index (χ1) is 9.69. The van der Waals surface area contributed by atoms with Gasteiger partial charge in [0.15, 0.2) is 0 Å². The molecule has 1 heterocycles. The van der Waals surface area contributed by atoms with E-state index in [-0.39, 0.29) is 5.91 Å². The molecule has 0 radical (unpaired) electrons. The van der Waals surface area contributed by atoms with Crippen LogP contribution in [0, 0.1) is 0 Å². The minimum absolute atomic E-state index is 0.259. The van der Waals surface area contributed by atoms with Gasteiger partial charge in [-0.25, -0.2) is 9.97 Å². The zero-order chi connectivity index (χ0) is 14.4. The number of aromatic nitrogens is 2. The van der Waals surface area contributed by atoms with Crippen LogP contribution in [0.2, 0.25) is 0 Å². The molecule has 0 saturated carbocycles. The van der Waals surface area contributed by atoms with Crippen molar-refractivity contribution in [1.29, 1.82) is 0 Å². The third kappa shape index (κ3) is 4.03. The Bertz CT molecular complexity index is 603. The summed E-state index contributed by atoms with van der Waals surface area (Å²) in [7, 11) is 0. The van der Waals surface area contributed by atoms with E-state index in [1.807, 2.05) is 24.3 Å². The molecular weight excluding hydrogens is 320 g/mol. The molecule has 0 aliphatic carbocycles. The Kier molecular flexibility index (Phi) is 5.06. The van der Waals surface area contributed by atoms with Crippen LogP contribution < -0.4 is 10.6 Å². The molecular formula is C14H15BrN4O. The molecule has 20 heavy (non-hydrogen) atoms. The van der Waals surface area contributed by atoms with Gasteiger partial charge in [0.1, 0.15) is 5.69 Å². The molecule has 0 aliphatic heterocycles. The number of benzene rings is 1. The maximum absolute atomic E-state index is 12.1. The summed E-state index contributed by atoms with van der Waals surface area (Å²) in [6.45, 7) is 2.83. The fourth-order valence-corrected chi connectivity index (χ4v) is 1.97. The van der Waals surface area contributed by atoms with Crippen molar-refractivity contribution in [2.45, 2.75) is 13.3 Å². The fraction of sp³-hybridized carbons (Fsp3) is 0.214. The van der Waals surface area contributed by atoms with Gasteiger partial charge in [0.25, 0.3) is 5.91 Å². The lowest BCUT2D eigenvalue weighted by Crippen LogP contribution is -2.15. The zero-order valence-corrected chi connectivity index (χ0v) is 12.6. The standard InChI is InChI=1S/C14H15BrN4O/c1-2-7-16-14-17-8-6-12(19-14)13(20)18-11-5-3-4-10(15)9-11/h3-6,8-9H,2,7H2,1H3,(H,18,20)(H,16,17,19). The maximum atomic E-state index is 12.1. The van der Waals surface area contributed by atoms with Crippen LogP contribution in [0.1, 0.15) is 23.8 Å². The predicted molar refractivity (Wildman–Crippen MR) is 82.9 cm³/mol. The number of nitrogens with one attached hydrogen (secondary N) is 2. The SMILES string of the molecule is CCCNc1nccc(C(=O)Nc2cccc(Br)c2)n1. The number of anilines is 2. The smallest absolute Gasteiger partial charge is 0.274 e. The van der Waals surface area contributed by atoms with Gasteiger partial charge < -0.3 is 10.6 Å². The molecule has 5 nitrogen and oxygen atoms in total. The minimum atomic E-state index is -0.259. The van der Waals surface area contributed by atoms with E-state index in [1.54, 1.807) is 12.3 Å². The number of hydrogen-bond donors (Lipinski definition) is 2. The molecule has 1 amide bonds. The average molecular weight is 335 g/mol. The quantitative estimate of drug-likeness (QED) is 0.880. The molecule has 0 bridgehead atoms. The number of rotatable bonds is 5. The van der Waals surface area contributed by atoms with Crippen LogP contribution in [-0.2, 0) is 0 Å².